The molecule has 0 saturated carbocycles. The zero-order chi connectivity index (χ0) is 18.1. The van der Waals surface area contributed by atoms with Gasteiger partial charge in [-0.25, -0.2) is 10.2 Å². The van der Waals surface area contributed by atoms with Crippen LogP contribution < -0.4 is 15.5 Å². The molecule has 1 aromatic heterocycles. The summed E-state index contributed by atoms with van der Waals surface area (Å²) in [5, 5.41) is 8.61. The lowest BCUT2D eigenvalue weighted by molar-refractivity contribution is -0.142. The van der Waals surface area contributed by atoms with E-state index in [2.05, 4.69) is 22.4 Å². The van der Waals surface area contributed by atoms with Gasteiger partial charge in [-0.3, -0.25) is 4.79 Å². The van der Waals surface area contributed by atoms with E-state index in [1.807, 2.05) is 23.6 Å². The Labute approximate surface area is 161 Å². The summed E-state index contributed by atoms with van der Waals surface area (Å²) in [7, 11) is 0. The summed E-state index contributed by atoms with van der Waals surface area (Å²) in [6, 6.07) is 8.62. The lowest BCUT2D eigenvalue weighted by Crippen LogP contribution is -2.28. The number of nitrogens with one attached hydrogen (secondary N) is 2. The molecule has 0 aliphatic carbocycles. The summed E-state index contributed by atoms with van der Waals surface area (Å²) in [4.78, 5) is 24.1. The number of rotatable bonds is 7. The van der Waals surface area contributed by atoms with E-state index in [9.17, 15) is 9.59 Å². The van der Waals surface area contributed by atoms with Gasteiger partial charge in [-0.15, -0.1) is 35.4 Å². The molecule has 0 aliphatic heterocycles. The van der Waals surface area contributed by atoms with Crippen LogP contribution in [-0.4, -0.2) is 23.2 Å². The fraction of sp³-hybridized carbons (Fsp3) is 0.235. The van der Waals surface area contributed by atoms with Crippen LogP contribution in [-0.2, 0) is 22.5 Å². The molecule has 1 aromatic carbocycles. The zero-order valence-corrected chi connectivity index (χ0v) is 15.9. The number of esters is 1. The molecule has 0 unspecified atom stereocenters. The number of urea groups is 1. The predicted octanol–water partition coefficient (Wildman–Crippen LogP) is 2.90. The monoisotopic (exact) mass is 396 g/mol. The van der Waals surface area contributed by atoms with Crippen LogP contribution in [0.1, 0.15) is 12.6 Å². The van der Waals surface area contributed by atoms with Crippen molar-refractivity contribution in [3.63, 3.8) is 0 Å². The van der Waals surface area contributed by atoms with Crippen LogP contribution in [0.15, 0.2) is 53.5 Å². The Bertz CT molecular complexity index is 802. The first-order chi connectivity index (χ1) is 12.1. The van der Waals surface area contributed by atoms with E-state index in [4.69, 9.17) is 4.74 Å². The minimum Gasteiger partial charge on any atom is -0.466 e. The Morgan fingerprint density at radius 2 is 2.08 bits per heavy atom. The molecular formula is C17H21ClN4O3S. The van der Waals surface area contributed by atoms with Crippen LogP contribution in [0.5, 0.6) is 0 Å². The molecule has 0 saturated heterocycles. The average Bonchev–Trinajstić information content (AvgIpc) is 2.96. The molecule has 0 atom stereocenters. The summed E-state index contributed by atoms with van der Waals surface area (Å²) in [6.07, 6.45) is 1.84. The van der Waals surface area contributed by atoms with Gasteiger partial charge >= 0.3 is 12.0 Å². The number of carbonyl (C=O) groups is 2. The quantitative estimate of drug-likeness (QED) is 0.428. The summed E-state index contributed by atoms with van der Waals surface area (Å²) < 4.78 is 6.77. The number of carbonyl (C=O) groups excluding carboxylic acids is 2. The van der Waals surface area contributed by atoms with Gasteiger partial charge in [0.1, 0.15) is 0 Å². The number of hydrogen-bond donors (Lipinski definition) is 2. The van der Waals surface area contributed by atoms with E-state index in [1.54, 1.807) is 29.7 Å². The Balaban J connectivity index is 0.00000338. The van der Waals surface area contributed by atoms with Crippen molar-refractivity contribution in [3.8, 4) is 0 Å². The molecule has 1 heterocycles. The van der Waals surface area contributed by atoms with Gasteiger partial charge in [0, 0.05) is 23.3 Å². The Morgan fingerprint density at radius 1 is 1.35 bits per heavy atom. The van der Waals surface area contributed by atoms with E-state index in [0.29, 0.717) is 23.6 Å². The minimum absolute atomic E-state index is 0. The second-order valence-electron chi connectivity index (χ2n) is 4.93. The van der Waals surface area contributed by atoms with Gasteiger partial charge in [-0.05, 0) is 19.1 Å². The third-order valence-corrected chi connectivity index (χ3v) is 4.02. The van der Waals surface area contributed by atoms with Crippen LogP contribution in [0, 0.1) is 0 Å². The summed E-state index contributed by atoms with van der Waals surface area (Å²) in [6.45, 7) is 6.28. The fourth-order valence-corrected chi connectivity index (χ4v) is 2.93. The molecule has 9 heteroatoms. The normalized spacial score (nSPS) is 10.6. The maximum atomic E-state index is 11.9. The molecule has 0 spiro atoms. The van der Waals surface area contributed by atoms with Crippen molar-refractivity contribution in [2.45, 2.75) is 19.9 Å². The highest BCUT2D eigenvalue weighted by molar-refractivity contribution is 7.07. The van der Waals surface area contributed by atoms with Gasteiger partial charge in [0.15, 0.2) is 0 Å². The predicted molar refractivity (Wildman–Crippen MR) is 104 cm³/mol. The molecule has 2 rings (SSSR count). The zero-order valence-electron chi connectivity index (χ0n) is 14.3. The van der Waals surface area contributed by atoms with Crippen LogP contribution in [0.3, 0.4) is 0 Å². The van der Waals surface area contributed by atoms with Crippen molar-refractivity contribution in [2.24, 2.45) is 5.10 Å². The van der Waals surface area contributed by atoms with E-state index in [1.165, 1.54) is 11.3 Å². The number of hydrogen-bond acceptors (Lipinski definition) is 5. The smallest absolute Gasteiger partial charge is 0.339 e. The Kier molecular flexibility index (Phi) is 9.18. The first kappa shape index (κ1) is 21.5. The number of nitrogens with zero attached hydrogens (tertiary/aromatic N) is 2. The number of thiazole rings is 1. The van der Waals surface area contributed by atoms with Gasteiger partial charge in [0.25, 0.3) is 0 Å². The number of aromatic nitrogens is 1. The van der Waals surface area contributed by atoms with Gasteiger partial charge < -0.3 is 14.6 Å². The molecule has 0 aliphatic rings. The highest BCUT2D eigenvalue weighted by atomic mass is 35.5. The molecule has 2 aromatic rings. The molecule has 2 amide bonds. The van der Waals surface area contributed by atoms with Crippen molar-refractivity contribution in [3.05, 3.63) is 58.9 Å². The summed E-state index contributed by atoms with van der Waals surface area (Å²) in [5.74, 6) is -0.306. The van der Waals surface area contributed by atoms with Gasteiger partial charge in [-0.2, -0.15) is 0 Å². The van der Waals surface area contributed by atoms with Gasteiger partial charge in [0.05, 0.1) is 13.0 Å². The average molecular weight is 397 g/mol. The van der Waals surface area contributed by atoms with Crippen molar-refractivity contribution < 1.29 is 14.3 Å². The van der Waals surface area contributed by atoms with Crippen molar-refractivity contribution in [2.75, 3.05) is 11.9 Å². The van der Waals surface area contributed by atoms with E-state index < -0.39 is 6.03 Å². The maximum absolute atomic E-state index is 11.9. The summed E-state index contributed by atoms with van der Waals surface area (Å²) in [5.41, 5.74) is 3.88. The first-order valence-corrected chi connectivity index (χ1v) is 8.61. The van der Waals surface area contributed by atoms with E-state index in [-0.39, 0.29) is 24.8 Å². The van der Waals surface area contributed by atoms with Gasteiger partial charge in [0.2, 0.25) is 4.80 Å². The molecular weight excluding hydrogens is 376 g/mol. The number of anilines is 1. The minimum atomic E-state index is -0.448. The second-order valence-corrected chi connectivity index (χ2v) is 5.77. The van der Waals surface area contributed by atoms with Crippen LogP contribution in [0.25, 0.3) is 0 Å². The topological polar surface area (TPSA) is 84.7 Å². The second kappa shape index (κ2) is 11.1. The third-order valence-electron chi connectivity index (χ3n) is 3.11. The van der Waals surface area contributed by atoms with Crippen LogP contribution in [0.4, 0.5) is 10.5 Å². The van der Waals surface area contributed by atoms with Crippen LogP contribution in [0.2, 0.25) is 0 Å². The lowest BCUT2D eigenvalue weighted by Gasteiger charge is -2.06. The van der Waals surface area contributed by atoms with Crippen molar-refractivity contribution >= 4 is 41.4 Å². The molecule has 7 nitrogen and oxygen atoms in total. The van der Waals surface area contributed by atoms with E-state index >= 15 is 0 Å². The number of para-hydroxylation sites is 1. The fourth-order valence-electron chi connectivity index (χ4n) is 2.06. The highest BCUT2D eigenvalue weighted by Crippen LogP contribution is 2.06. The molecule has 0 radical (unpaired) electrons. The van der Waals surface area contributed by atoms with Crippen LogP contribution >= 0.6 is 23.7 Å². The highest BCUT2D eigenvalue weighted by Gasteiger charge is 2.10. The molecule has 2 N–H and O–H groups in total. The number of allylic oxidation sites excluding steroid dienone is 1. The SMILES string of the molecule is C=CCn1c(CC(=O)OCC)csc1=NNC(=O)Nc1ccccc1.Cl. The number of ether oxygens (including phenoxy) is 1. The molecule has 26 heavy (non-hydrogen) atoms. The van der Waals surface area contributed by atoms with E-state index in [0.717, 1.165) is 5.69 Å². The number of halogens is 1. The lowest BCUT2D eigenvalue weighted by atomic mass is 10.3. The van der Waals surface area contributed by atoms with Gasteiger partial charge in [-0.1, -0.05) is 24.3 Å². The number of amides is 2. The summed E-state index contributed by atoms with van der Waals surface area (Å²) >= 11 is 1.32. The third kappa shape index (κ3) is 6.38. The van der Waals surface area contributed by atoms with Crippen molar-refractivity contribution in [1.29, 1.82) is 0 Å². The first-order valence-electron chi connectivity index (χ1n) is 7.73. The Hall–Kier alpha value is -2.58. The standard InChI is InChI=1S/C17H20N4O3S.ClH/c1-3-10-21-14(11-15(22)24-4-2)12-25-17(21)20-19-16(23)18-13-8-6-5-7-9-13;/h3,5-9,12H,1,4,10-11H2,2H3,(H2,18,19,23);1H. The van der Waals surface area contributed by atoms with Crippen molar-refractivity contribution in [1.82, 2.24) is 9.99 Å². The molecule has 0 bridgehead atoms. The number of benzene rings is 1. The maximum Gasteiger partial charge on any atom is 0.339 e. The molecule has 0 fully saturated rings. The Morgan fingerprint density at radius 3 is 2.73 bits per heavy atom. The molecule has 140 valence electrons. The largest absolute Gasteiger partial charge is 0.466 e.